The van der Waals surface area contributed by atoms with E-state index in [0.29, 0.717) is 13.0 Å². The van der Waals surface area contributed by atoms with Crippen LogP contribution in [0.1, 0.15) is 18.4 Å². The number of carbonyl (C=O) groups excluding carboxylic acids is 1. The molecule has 2 N–H and O–H groups in total. The summed E-state index contributed by atoms with van der Waals surface area (Å²) in [7, 11) is 4.04. The normalized spacial score (nSPS) is 10.2. The lowest BCUT2D eigenvalue weighted by molar-refractivity contribution is -0.120. The van der Waals surface area contributed by atoms with Crippen molar-refractivity contribution in [2.24, 2.45) is 0 Å². The molecule has 0 aromatic heterocycles. The van der Waals surface area contributed by atoms with Crippen LogP contribution in [0.2, 0.25) is 0 Å². The topological polar surface area (TPSA) is 44.4 Å². The molecule has 0 aliphatic heterocycles. The van der Waals surface area contributed by atoms with Gasteiger partial charge in [0.25, 0.3) is 0 Å². The number of rotatable bonds is 9. The molecule has 24 heavy (non-hydrogen) atoms. The van der Waals surface area contributed by atoms with Gasteiger partial charge in [-0.3, -0.25) is 4.79 Å². The highest BCUT2D eigenvalue weighted by atomic mass is 16.1. The maximum atomic E-state index is 11.8. The Balaban J connectivity index is 1.58. The van der Waals surface area contributed by atoms with Crippen molar-refractivity contribution in [1.82, 2.24) is 5.32 Å². The lowest BCUT2D eigenvalue weighted by Crippen LogP contribution is -2.26. The van der Waals surface area contributed by atoms with E-state index in [-0.39, 0.29) is 5.91 Å². The summed E-state index contributed by atoms with van der Waals surface area (Å²) < 4.78 is 0. The third kappa shape index (κ3) is 6.32. The standard InChI is InChI=1S/C20H27N3O/c1-23(2)19-12-10-18(11-13-19)21-16-14-20(24)22-15-6-9-17-7-4-3-5-8-17/h3-5,7-8,10-13,21H,6,9,14-16H2,1-2H3,(H,22,24). The maximum Gasteiger partial charge on any atom is 0.221 e. The minimum Gasteiger partial charge on any atom is -0.385 e. The van der Waals surface area contributed by atoms with Crippen molar-refractivity contribution in [3.05, 3.63) is 60.2 Å². The van der Waals surface area contributed by atoms with E-state index in [0.717, 1.165) is 30.8 Å². The second kappa shape index (κ2) is 9.60. The number of nitrogens with zero attached hydrogens (tertiary/aromatic N) is 1. The first kappa shape index (κ1) is 17.9. The first-order valence-electron chi connectivity index (χ1n) is 8.47. The van der Waals surface area contributed by atoms with E-state index in [2.05, 4.69) is 39.8 Å². The molecular formula is C20H27N3O. The van der Waals surface area contributed by atoms with E-state index >= 15 is 0 Å². The number of amides is 1. The van der Waals surface area contributed by atoms with E-state index in [1.807, 2.05) is 44.4 Å². The third-order valence-electron chi connectivity index (χ3n) is 3.87. The molecular weight excluding hydrogens is 298 g/mol. The predicted octanol–water partition coefficient (Wildman–Crippen LogP) is 3.30. The van der Waals surface area contributed by atoms with Crippen molar-refractivity contribution >= 4 is 17.3 Å². The van der Waals surface area contributed by atoms with Gasteiger partial charge in [-0.1, -0.05) is 30.3 Å². The quantitative estimate of drug-likeness (QED) is 0.695. The van der Waals surface area contributed by atoms with Gasteiger partial charge in [0.2, 0.25) is 5.91 Å². The average Bonchev–Trinajstić information content (AvgIpc) is 2.60. The van der Waals surface area contributed by atoms with Crippen molar-refractivity contribution < 1.29 is 4.79 Å². The van der Waals surface area contributed by atoms with Crippen LogP contribution < -0.4 is 15.5 Å². The molecule has 0 aliphatic carbocycles. The number of benzene rings is 2. The molecule has 128 valence electrons. The van der Waals surface area contributed by atoms with Crippen molar-refractivity contribution in [3.63, 3.8) is 0 Å². The number of carbonyl (C=O) groups is 1. The second-order valence-electron chi connectivity index (χ2n) is 6.06. The Bertz CT molecular complexity index is 609. The summed E-state index contributed by atoms with van der Waals surface area (Å²) in [6, 6.07) is 18.5. The van der Waals surface area contributed by atoms with E-state index in [1.165, 1.54) is 5.56 Å². The summed E-state index contributed by atoms with van der Waals surface area (Å²) in [5, 5.41) is 6.26. The Labute approximate surface area is 144 Å². The van der Waals surface area contributed by atoms with Gasteiger partial charge >= 0.3 is 0 Å². The lowest BCUT2D eigenvalue weighted by Gasteiger charge is -2.13. The van der Waals surface area contributed by atoms with Gasteiger partial charge in [0.05, 0.1) is 0 Å². The van der Waals surface area contributed by atoms with E-state index in [9.17, 15) is 4.79 Å². The van der Waals surface area contributed by atoms with Crippen LogP contribution in [0, 0.1) is 0 Å². The molecule has 0 atom stereocenters. The van der Waals surface area contributed by atoms with Crippen molar-refractivity contribution in [2.45, 2.75) is 19.3 Å². The van der Waals surface area contributed by atoms with Crippen molar-refractivity contribution in [2.75, 3.05) is 37.4 Å². The summed E-state index contributed by atoms with van der Waals surface area (Å²) in [6.07, 6.45) is 2.45. The Morgan fingerprint density at radius 1 is 0.958 bits per heavy atom. The highest BCUT2D eigenvalue weighted by Crippen LogP contribution is 2.15. The Morgan fingerprint density at radius 3 is 2.33 bits per heavy atom. The molecule has 2 rings (SSSR count). The van der Waals surface area contributed by atoms with Crippen LogP contribution in [0.5, 0.6) is 0 Å². The number of anilines is 2. The number of aryl methyl sites for hydroxylation is 1. The number of hydrogen-bond acceptors (Lipinski definition) is 3. The zero-order valence-corrected chi connectivity index (χ0v) is 14.6. The zero-order valence-electron chi connectivity index (χ0n) is 14.6. The molecule has 0 radical (unpaired) electrons. The predicted molar refractivity (Wildman–Crippen MR) is 102 cm³/mol. The summed E-state index contributed by atoms with van der Waals surface area (Å²) in [5.41, 5.74) is 3.52. The van der Waals surface area contributed by atoms with Gasteiger partial charge < -0.3 is 15.5 Å². The van der Waals surface area contributed by atoms with Gasteiger partial charge in [0, 0.05) is 45.0 Å². The van der Waals surface area contributed by atoms with Gasteiger partial charge in [0.1, 0.15) is 0 Å². The van der Waals surface area contributed by atoms with E-state index < -0.39 is 0 Å². The molecule has 1 amide bonds. The molecule has 0 saturated carbocycles. The Kier molecular flexibility index (Phi) is 7.15. The fraction of sp³-hybridized carbons (Fsp3) is 0.350. The van der Waals surface area contributed by atoms with Crippen LogP contribution in [0.15, 0.2) is 54.6 Å². The maximum absolute atomic E-state index is 11.8. The zero-order chi connectivity index (χ0) is 17.2. The van der Waals surface area contributed by atoms with Gasteiger partial charge in [-0.2, -0.15) is 0 Å². The van der Waals surface area contributed by atoms with Crippen molar-refractivity contribution in [3.8, 4) is 0 Å². The van der Waals surface area contributed by atoms with Crippen LogP contribution >= 0.6 is 0 Å². The molecule has 4 nitrogen and oxygen atoms in total. The largest absolute Gasteiger partial charge is 0.385 e. The molecule has 0 spiro atoms. The first-order chi connectivity index (χ1) is 11.6. The Hall–Kier alpha value is -2.49. The van der Waals surface area contributed by atoms with Gasteiger partial charge in [-0.15, -0.1) is 0 Å². The van der Waals surface area contributed by atoms with Crippen LogP contribution in [-0.2, 0) is 11.2 Å². The van der Waals surface area contributed by atoms with Crippen LogP contribution in [-0.4, -0.2) is 33.1 Å². The molecule has 2 aromatic rings. The first-order valence-corrected chi connectivity index (χ1v) is 8.47. The molecule has 0 heterocycles. The van der Waals surface area contributed by atoms with Crippen LogP contribution in [0.3, 0.4) is 0 Å². The fourth-order valence-electron chi connectivity index (χ4n) is 2.45. The van der Waals surface area contributed by atoms with E-state index in [4.69, 9.17) is 0 Å². The van der Waals surface area contributed by atoms with Gasteiger partial charge in [0.15, 0.2) is 0 Å². The molecule has 0 aliphatic rings. The molecule has 0 saturated heterocycles. The van der Waals surface area contributed by atoms with Gasteiger partial charge in [-0.25, -0.2) is 0 Å². The fourth-order valence-corrected chi connectivity index (χ4v) is 2.45. The molecule has 0 unspecified atom stereocenters. The SMILES string of the molecule is CN(C)c1ccc(NCCC(=O)NCCCc2ccccc2)cc1. The average molecular weight is 325 g/mol. The van der Waals surface area contributed by atoms with Crippen LogP contribution in [0.4, 0.5) is 11.4 Å². The van der Waals surface area contributed by atoms with Gasteiger partial charge in [-0.05, 0) is 42.7 Å². The smallest absolute Gasteiger partial charge is 0.221 e. The van der Waals surface area contributed by atoms with E-state index in [1.54, 1.807) is 0 Å². The summed E-state index contributed by atoms with van der Waals surface area (Å²) in [4.78, 5) is 13.9. The summed E-state index contributed by atoms with van der Waals surface area (Å²) in [6.45, 7) is 1.37. The minimum atomic E-state index is 0.0977. The highest BCUT2D eigenvalue weighted by molar-refractivity contribution is 5.76. The number of hydrogen-bond donors (Lipinski definition) is 2. The lowest BCUT2D eigenvalue weighted by atomic mass is 10.1. The number of nitrogens with one attached hydrogen (secondary N) is 2. The highest BCUT2D eigenvalue weighted by Gasteiger charge is 2.01. The monoisotopic (exact) mass is 325 g/mol. The summed E-state index contributed by atoms with van der Waals surface area (Å²) in [5.74, 6) is 0.0977. The molecule has 0 bridgehead atoms. The molecule has 0 fully saturated rings. The molecule has 4 heteroatoms. The third-order valence-corrected chi connectivity index (χ3v) is 3.87. The second-order valence-corrected chi connectivity index (χ2v) is 6.06. The molecule has 2 aromatic carbocycles. The minimum absolute atomic E-state index is 0.0977. The Morgan fingerprint density at radius 2 is 1.67 bits per heavy atom. The van der Waals surface area contributed by atoms with Crippen LogP contribution in [0.25, 0.3) is 0 Å². The summed E-state index contributed by atoms with van der Waals surface area (Å²) >= 11 is 0. The van der Waals surface area contributed by atoms with Crippen molar-refractivity contribution in [1.29, 1.82) is 0 Å².